The van der Waals surface area contributed by atoms with Gasteiger partial charge in [-0.2, -0.15) is 0 Å². The van der Waals surface area contributed by atoms with Crippen LogP contribution in [0.3, 0.4) is 0 Å². The third kappa shape index (κ3) is 3.41. The Morgan fingerprint density at radius 3 is 2.05 bits per heavy atom. The minimum atomic E-state index is -0.470. The normalized spacial score (nSPS) is 10.3. The van der Waals surface area contributed by atoms with Crippen LogP contribution in [0.4, 0.5) is 0 Å². The van der Waals surface area contributed by atoms with Gasteiger partial charge >= 0.3 is 5.96 Å². The maximum Gasteiger partial charge on any atom is 0.366 e. The van der Waals surface area contributed by atoms with Crippen molar-refractivity contribution in [1.29, 1.82) is 0 Å². The summed E-state index contributed by atoms with van der Waals surface area (Å²) in [5, 5.41) is 14.7. The first kappa shape index (κ1) is 14.4. The molecule has 19 heavy (non-hydrogen) atoms. The Morgan fingerprint density at radius 2 is 1.68 bits per heavy atom. The van der Waals surface area contributed by atoms with Gasteiger partial charge in [0.25, 0.3) is 0 Å². The van der Waals surface area contributed by atoms with Gasteiger partial charge in [-0.3, -0.25) is 11.5 Å². The smallest absolute Gasteiger partial charge is 0.366 e. The monoisotopic (exact) mass is 268 g/mol. The van der Waals surface area contributed by atoms with E-state index >= 15 is 0 Å². The van der Waals surface area contributed by atoms with Crippen molar-refractivity contribution in [2.75, 3.05) is 21.3 Å². The van der Waals surface area contributed by atoms with Gasteiger partial charge in [0, 0.05) is 12.1 Å². The summed E-state index contributed by atoms with van der Waals surface area (Å²) in [6, 6.07) is 3.27. The molecule has 0 saturated carbocycles. The topological polar surface area (TPSA) is 118 Å². The van der Waals surface area contributed by atoms with Gasteiger partial charge in [-0.15, -0.1) is 9.95 Å². The Kier molecular flexibility index (Phi) is 4.81. The van der Waals surface area contributed by atoms with Crippen LogP contribution >= 0.6 is 0 Å². The molecule has 4 N–H and O–H groups in total. The zero-order valence-electron chi connectivity index (χ0n) is 10.9. The number of hydrogen-bond acceptors (Lipinski definition) is 5. The zero-order valence-corrected chi connectivity index (χ0v) is 10.9. The standard InChI is InChI=1S/C11H16N4O4/c1-17-7-4-9(18-2)8(10(5-7)19-3)6-14-15(16)11(12)13/h4-6H,12-13H2,1-3H3. The summed E-state index contributed by atoms with van der Waals surface area (Å²) in [6.07, 6.45) is 1.24. The zero-order chi connectivity index (χ0) is 14.4. The van der Waals surface area contributed by atoms with Gasteiger partial charge in [-0.05, 0) is 0 Å². The molecule has 0 aliphatic carbocycles. The Labute approximate surface area is 110 Å². The summed E-state index contributed by atoms with van der Waals surface area (Å²) < 4.78 is 15.5. The van der Waals surface area contributed by atoms with Crippen LogP contribution in [-0.4, -0.2) is 38.4 Å². The lowest BCUT2D eigenvalue weighted by molar-refractivity contribution is -0.463. The second-order valence-corrected chi connectivity index (χ2v) is 3.39. The molecule has 0 aromatic heterocycles. The molecule has 0 amide bonds. The molecular weight excluding hydrogens is 252 g/mol. The number of rotatable bonds is 5. The molecular formula is C11H16N4O4. The lowest BCUT2D eigenvalue weighted by Gasteiger charge is -2.12. The van der Waals surface area contributed by atoms with Gasteiger partial charge in [-0.25, -0.2) is 0 Å². The van der Waals surface area contributed by atoms with Crippen molar-refractivity contribution < 1.29 is 19.1 Å². The van der Waals surface area contributed by atoms with Crippen molar-refractivity contribution in [1.82, 2.24) is 0 Å². The largest absolute Gasteiger partial charge is 0.722 e. The molecule has 0 heterocycles. The molecule has 0 bridgehead atoms. The third-order valence-electron chi connectivity index (χ3n) is 2.27. The summed E-state index contributed by atoms with van der Waals surface area (Å²) in [7, 11) is 4.47. The molecule has 0 aliphatic heterocycles. The summed E-state index contributed by atoms with van der Waals surface area (Å²) >= 11 is 0. The minimum absolute atomic E-state index is 0.0864. The highest BCUT2D eigenvalue weighted by Gasteiger charge is 2.11. The average molecular weight is 268 g/mol. The predicted molar refractivity (Wildman–Crippen MR) is 70.7 cm³/mol. The van der Waals surface area contributed by atoms with Crippen LogP contribution in [0.15, 0.2) is 17.2 Å². The van der Waals surface area contributed by atoms with E-state index in [0.717, 1.165) is 0 Å². The molecule has 1 rings (SSSR count). The molecule has 0 fully saturated rings. The Hall–Kier alpha value is -2.64. The number of hydrazone groups is 1. The van der Waals surface area contributed by atoms with Crippen LogP contribution in [0.5, 0.6) is 17.2 Å². The average Bonchev–Trinajstić information content (AvgIpc) is 2.43. The van der Waals surface area contributed by atoms with Crippen LogP contribution in [0.1, 0.15) is 5.56 Å². The van der Waals surface area contributed by atoms with Gasteiger partial charge in [0.05, 0.1) is 33.1 Å². The van der Waals surface area contributed by atoms with Crippen molar-refractivity contribution in [3.05, 3.63) is 22.9 Å². The molecule has 1 aromatic rings. The number of guanidine groups is 1. The van der Waals surface area contributed by atoms with E-state index in [1.165, 1.54) is 27.5 Å². The van der Waals surface area contributed by atoms with Crippen LogP contribution in [-0.2, 0) is 0 Å². The van der Waals surface area contributed by atoms with E-state index < -0.39 is 5.96 Å². The van der Waals surface area contributed by atoms with Crippen molar-refractivity contribution in [2.24, 2.45) is 16.6 Å². The van der Waals surface area contributed by atoms with Crippen LogP contribution < -0.4 is 25.7 Å². The molecule has 1 aromatic carbocycles. The van der Waals surface area contributed by atoms with Crippen molar-refractivity contribution in [3.8, 4) is 17.2 Å². The summed E-state index contributed by atoms with van der Waals surface area (Å²) in [6.45, 7) is 0. The summed E-state index contributed by atoms with van der Waals surface area (Å²) in [4.78, 5) is 0.0864. The fourth-order valence-corrected chi connectivity index (χ4v) is 1.34. The first-order chi connectivity index (χ1) is 9.03. The van der Waals surface area contributed by atoms with E-state index in [2.05, 4.69) is 5.10 Å². The molecule has 0 spiro atoms. The third-order valence-corrected chi connectivity index (χ3v) is 2.27. The SMILES string of the molecule is COc1cc(OC)c(C=N[N+]([O-])=C(N)N)c(OC)c1. The minimum Gasteiger partial charge on any atom is -0.722 e. The molecule has 0 atom stereocenters. The molecule has 0 aliphatic rings. The highest BCUT2D eigenvalue weighted by Crippen LogP contribution is 2.32. The van der Waals surface area contributed by atoms with E-state index in [1.807, 2.05) is 0 Å². The second kappa shape index (κ2) is 6.34. The van der Waals surface area contributed by atoms with E-state index in [1.54, 1.807) is 12.1 Å². The van der Waals surface area contributed by atoms with Gasteiger partial charge < -0.3 is 19.4 Å². The van der Waals surface area contributed by atoms with Gasteiger partial charge in [-0.1, -0.05) is 0 Å². The number of ether oxygens (including phenoxy) is 3. The Morgan fingerprint density at radius 1 is 1.16 bits per heavy atom. The molecule has 0 radical (unpaired) electrons. The van der Waals surface area contributed by atoms with Gasteiger partial charge in [0.1, 0.15) is 17.2 Å². The number of hydrogen-bond donors (Lipinski definition) is 2. The highest BCUT2D eigenvalue weighted by atomic mass is 16.5. The summed E-state index contributed by atoms with van der Waals surface area (Å²) in [5.74, 6) is 0.949. The molecule has 104 valence electrons. The van der Waals surface area contributed by atoms with E-state index in [0.29, 0.717) is 22.8 Å². The summed E-state index contributed by atoms with van der Waals surface area (Å²) in [5.41, 5.74) is 10.7. The van der Waals surface area contributed by atoms with Crippen LogP contribution in [0.2, 0.25) is 0 Å². The first-order valence-electron chi connectivity index (χ1n) is 5.22. The maximum absolute atomic E-state index is 11.2. The first-order valence-corrected chi connectivity index (χ1v) is 5.22. The van der Waals surface area contributed by atoms with Crippen molar-refractivity contribution in [3.63, 3.8) is 0 Å². The lowest BCUT2D eigenvalue weighted by Crippen LogP contribution is -2.30. The van der Waals surface area contributed by atoms with Crippen molar-refractivity contribution >= 4 is 12.2 Å². The van der Waals surface area contributed by atoms with Gasteiger partial charge in [0.15, 0.2) is 0 Å². The van der Waals surface area contributed by atoms with Crippen LogP contribution in [0.25, 0.3) is 0 Å². The quantitative estimate of drug-likeness (QED) is 0.251. The van der Waals surface area contributed by atoms with E-state index in [4.69, 9.17) is 25.7 Å². The lowest BCUT2D eigenvalue weighted by atomic mass is 10.2. The molecule has 8 nitrogen and oxygen atoms in total. The number of methoxy groups -OCH3 is 3. The van der Waals surface area contributed by atoms with Crippen LogP contribution in [0, 0.1) is 5.21 Å². The Balaban J connectivity index is 3.29. The number of benzene rings is 1. The fraction of sp³-hybridized carbons (Fsp3) is 0.273. The second-order valence-electron chi connectivity index (χ2n) is 3.39. The van der Waals surface area contributed by atoms with E-state index in [9.17, 15) is 5.21 Å². The molecule has 0 unspecified atom stereocenters. The Bertz CT molecular complexity index is 484. The molecule has 0 saturated heterocycles. The van der Waals surface area contributed by atoms with Crippen molar-refractivity contribution in [2.45, 2.75) is 0 Å². The highest BCUT2D eigenvalue weighted by molar-refractivity contribution is 5.88. The molecule has 8 heteroatoms. The predicted octanol–water partition coefficient (Wildman–Crippen LogP) is -0.170. The van der Waals surface area contributed by atoms with E-state index in [-0.39, 0.29) is 4.85 Å². The maximum atomic E-state index is 11.2. The van der Waals surface area contributed by atoms with Gasteiger partial charge in [0.2, 0.25) is 0 Å². The number of nitrogens with two attached hydrogens (primary N) is 2. The number of nitrogens with zero attached hydrogens (tertiary/aromatic N) is 2. The fourth-order valence-electron chi connectivity index (χ4n) is 1.34.